The molecule has 3 aromatic rings. The number of carbonyl (C=O) groups is 2. The smallest absolute Gasteiger partial charge is 0.354 e. The Bertz CT molecular complexity index is 1090. The third kappa shape index (κ3) is 4.45. The van der Waals surface area contributed by atoms with Crippen molar-refractivity contribution in [2.24, 2.45) is 0 Å². The van der Waals surface area contributed by atoms with E-state index in [2.05, 4.69) is 42.4 Å². The Hall–Kier alpha value is -2.59. The van der Waals surface area contributed by atoms with Gasteiger partial charge in [-0.15, -0.1) is 0 Å². The highest BCUT2D eigenvalue weighted by Gasteiger charge is 2.15. The van der Waals surface area contributed by atoms with Gasteiger partial charge in [0.15, 0.2) is 5.58 Å². The Labute approximate surface area is 178 Å². The average Bonchev–Trinajstić information content (AvgIpc) is 3.11. The third-order valence-corrected chi connectivity index (χ3v) is 4.69. The van der Waals surface area contributed by atoms with Crippen molar-refractivity contribution in [3.8, 4) is 11.5 Å². The summed E-state index contributed by atoms with van der Waals surface area (Å²) in [6.45, 7) is 0. The number of fused-ring (bicyclic) bond motifs is 1. The minimum Gasteiger partial charge on any atom is -0.466 e. The summed E-state index contributed by atoms with van der Waals surface area (Å²) < 4.78 is 16.0. The molecule has 0 aliphatic rings. The number of nitrogens with one attached hydrogen (secondary N) is 1. The number of esters is 2. The number of aromatic nitrogens is 1. The Morgan fingerprint density at radius 2 is 1.96 bits per heavy atom. The minimum atomic E-state index is -0.711. The van der Waals surface area contributed by atoms with Crippen molar-refractivity contribution in [1.82, 2.24) is 4.98 Å². The van der Waals surface area contributed by atoms with Crippen LogP contribution in [0.1, 0.15) is 0 Å². The number of methoxy groups -OCH3 is 2. The lowest BCUT2D eigenvalue weighted by Gasteiger charge is -2.08. The second-order valence-electron chi connectivity index (χ2n) is 5.52. The zero-order valence-electron chi connectivity index (χ0n) is 14.8. The van der Waals surface area contributed by atoms with Crippen molar-refractivity contribution in [2.45, 2.75) is 0 Å². The normalized spacial score (nSPS) is 11.4. The fourth-order valence-electron chi connectivity index (χ4n) is 2.37. The number of hydrogen-bond acceptors (Lipinski definition) is 7. The molecule has 0 saturated carbocycles. The molecule has 0 unspecified atom stereocenters. The molecule has 0 aliphatic carbocycles. The highest BCUT2D eigenvalue weighted by Crippen LogP contribution is 2.32. The number of nitrogens with zero attached hydrogens (tertiary/aromatic N) is 1. The van der Waals surface area contributed by atoms with E-state index in [9.17, 15) is 9.59 Å². The summed E-state index contributed by atoms with van der Waals surface area (Å²) in [5.74, 6) is -1.02. The molecule has 0 atom stereocenters. The van der Waals surface area contributed by atoms with Gasteiger partial charge in [-0.3, -0.25) is 0 Å². The van der Waals surface area contributed by atoms with E-state index in [1.807, 2.05) is 12.1 Å². The van der Waals surface area contributed by atoms with Gasteiger partial charge in [0, 0.05) is 9.26 Å². The zero-order valence-corrected chi connectivity index (χ0v) is 17.7. The number of rotatable bonds is 5. The summed E-state index contributed by atoms with van der Waals surface area (Å²) in [6.07, 6.45) is 1.01. The minimum absolute atomic E-state index is 0.0712. The van der Waals surface area contributed by atoms with Crippen molar-refractivity contribution in [3.05, 3.63) is 56.8 Å². The highest BCUT2D eigenvalue weighted by atomic mass is 127. The van der Waals surface area contributed by atoms with Crippen LogP contribution in [0.25, 0.3) is 22.6 Å². The lowest BCUT2D eigenvalue weighted by molar-refractivity contribution is -0.138. The van der Waals surface area contributed by atoms with E-state index in [0.29, 0.717) is 33.3 Å². The molecule has 0 fully saturated rings. The quantitative estimate of drug-likeness (QED) is 0.308. The predicted octanol–water partition coefficient (Wildman–Crippen LogP) is 4.39. The van der Waals surface area contributed by atoms with Crippen LogP contribution in [0, 0.1) is 3.57 Å². The van der Waals surface area contributed by atoms with Crippen molar-refractivity contribution in [2.75, 3.05) is 19.5 Å². The van der Waals surface area contributed by atoms with Crippen molar-refractivity contribution < 1.29 is 23.5 Å². The summed E-state index contributed by atoms with van der Waals surface area (Å²) in [5.41, 5.74) is 2.23. The number of hydrogen-bond donors (Lipinski definition) is 1. The first-order chi connectivity index (χ1) is 13.4. The molecule has 3 rings (SSSR count). The Morgan fingerprint density at radius 3 is 2.68 bits per heavy atom. The second kappa shape index (κ2) is 8.61. The van der Waals surface area contributed by atoms with Crippen molar-refractivity contribution in [1.29, 1.82) is 0 Å². The summed E-state index contributed by atoms with van der Waals surface area (Å²) in [4.78, 5) is 27.8. The maximum Gasteiger partial charge on any atom is 0.354 e. The Kier molecular flexibility index (Phi) is 6.20. The number of ether oxygens (including phenoxy) is 2. The first kappa shape index (κ1) is 20.2. The van der Waals surface area contributed by atoms with Crippen LogP contribution >= 0.6 is 34.2 Å². The summed E-state index contributed by atoms with van der Waals surface area (Å²) in [7, 11) is 2.43. The van der Waals surface area contributed by atoms with E-state index in [4.69, 9.17) is 16.0 Å². The number of carbonyl (C=O) groups excluding carboxylic acids is 2. The molecule has 1 aromatic heterocycles. The van der Waals surface area contributed by atoms with Crippen LogP contribution in [-0.4, -0.2) is 31.1 Å². The first-order valence-corrected chi connectivity index (χ1v) is 9.38. The van der Waals surface area contributed by atoms with Gasteiger partial charge in [-0.25, -0.2) is 14.6 Å². The van der Waals surface area contributed by atoms with Crippen LogP contribution < -0.4 is 5.32 Å². The van der Waals surface area contributed by atoms with E-state index in [1.54, 1.807) is 24.3 Å². The Morgan fingerprint density at radius 1 is 1.18 bits per heavy atom. The molecule has 0 aliphatic heterocycles. The number of oxazole rings is 1. The molecule has 144 valence electrons. The summed E-state index contributed by atoms with van der Waals surface area (Å²) in [6, 6.07) is 10.6. The lowest BCUT2D eigenvalue weighted by Crippen LogP contribution is -2.15. The molecule has 0 saturated heterocycles. The molecule has 28 heavy (non-hydrogen) atoms. The summed E-state index contributed by atoms with van der Waals surface area (Å²) >= 11 is 8.44. The van der Waals surface area contributed by atoms with Crippen LogP contribution in [0.2, 0.25) is 5.02 Å². The molecular formula is C19H14ClIN2O5. The topological polar surface area (TPSA) is 90.7 Å². The van der Waals surface area contributed by atoms with E-state index in [0.717, 1.165) is 9.65 Å². The standard InChI is InChI=1S/C19H14ClIN2O5/c1-26-17(24)9-15(19(25)27-2)22-11-4-6-16-14(8-11)23-18(28-16)12-7-10(21)3-5-13(12)20/h3-9,22H,1-2H3/b15-9+. The van der Waals surface area contributed by atoms with Crippen LogP contribution in [0.5, 0.6) is 0 Å². The van der Waals surface area contributed by atoms with Gasteiger partial charge in [0.2, 0.25) is 5.89 Å². The van der Waals surface area contributed by atoms with Gasteiger partial charge >= 0.3 is 11.9 Å². The maximum atomic E-state index is 11.9. The van der Waals surface area contributed by atoms with E-state index < -0.39 is 11.9 Å². The molecule has 7 nitrogen and oxygen atoms in total. The number of anilines is 1. The molecule has 0 spiro atoms. The van der Waals surface area contributed by atoms with Gasteiger partial charge < -0.3 is 19.2 Å². The second-order valence-corrected chi connectivity index (χ2v) is 7.18. The number of benzene rings is 2. The molecular weight excluding hydrogens is 499 g/mol. The van der Waals surface area contributed by atoms with E-state index >= 15 is 0 Å². The zero-order chi connectivity index (χ0) is 20.3. The SMILES string of the molecule is COC(=O)/C=C(/Nc1ccc2oc(-c3cc(I)ccc3Cl)nc2c1)C(=O)OC. The third-order valence-electron chi connectivity index (χ3n) is 3.69. The van der Waals surface area contributed by atoms with Gasteiger partial charge in [-0.1, -0.05) is 11.6 Å². The molecule has 1 N–H and O–H groups in total. The predicted molar refractivity (Wildman–Crippen MR) is 113 cm³/mol. The largest absolute Gasteiger partial charge is 0.466 e. The van der Waals surface area contributed by atoms with Gasteiger partial charge in [0.05, 0.1) is 30.9 Å². The molecule has 2 aromatic carbocycles. The fourth-order valence-corrected chi connectivity index (χ4v) is 3.06. The highest BCUT2D eigenvalue weighted by molar-refractivity contribution is 14.1. The van der Waals surface area contributed by atoms with E-state index in [-0.39, 0.29) is 5.70 Å². The van der Waals surface area contributed by atoms with E-state index in [1.165, 1.54) is 14.2 Å². The van der Waals surface area contributed by atoms with Gasteiger partial charge in [0.1, 0.15) is 11.2 Å². The number of halogens is 2. The average molecular weight is 513 g/mol. The Balaban J connectivity index is 1.96. The van der Waals surface area contributed by atoms with Gasteiger partial charge in [0.25, 0.3) is 0 Å². The lowest BCUT2D eigenvalue weighted by atomic mass is 10.2. The van der Waals surface area contributed by atoms with Crippen LogP contribution in [0.15, 0.2) is 52.6 Å². The van der Waals surface area contributed by atoms with Gasteiger partial charge in [-0.2, -0.15) is 0 Å². The van der Waals surface area contributed by atoms with Crippen LogP contribution in [-0.2, 0) is 19.1 Å². The maximum absolute atomic E-state index is 11.9. The van der Waals surface area contributed by atoms with Crippen molar-refractivity contribution >= 4 is 62.9 Å². The molecule has 1 heterocycles. The first-order valence-electron chi connectivity index (χ1n) is 7.92. The van der Waals surface area contributed by atoms with Crippen molar-refractivity contribution in [3.63, 3.8) is 0 Å². The molecule has 9 heteroatoms. The molecule has 0 bridgehead atoms. The molecule has 0 radical (unpaired) electrons. The van der Waals surface area contributed by atoms with Crippen LogP contribution in [0.3, 0.4) is 0 Å². The monoisotopic (exact) mass is 512 g/mol. The summed E-state index contributed by atoms with van der Waals surface area (Å²) in [5, 5.41) is 3.36. The fraction of sp³-hybridized carbons (Fsp3) is 0.105. The molecule has 0 amide bonds. The van der Waals surface area contributed by atoms with Crippen LogP contribution in [0.4, 0.5) is 5.69 Å². The van der Waals surface area contributed by atoms with Gasteiger partial charge in [-0.05, 0) is 59.0 Å².